The van der Waals surface area contributed by atoms with E-state index in [1.807, 2.05) is 6.92 Å². The maximum Gasteiger partial charge on any atom is 0.416 e. The van der Waals surface area contributed by atoms with Gasteiger partial charge in [0.05, 0.1) is 12.0 Å². The molecule has 1 amide bonds. The number of benzene rings is 2. The second-order valence-corrected chi connectivity index (χ2v) is 5.74. The summed E-state index contributed by atoms with van der Waals surface area (Å²) in [6.07, 6.45) is -4.52. The zero-order valence-electron chi connectivity index (χ0n) is 11.7. The molecule has 0 fully saturated rings. The zero-order chi connectivity index (χ0) is 16.3. The lowest BCUT2D eigenvalue weighted by atomic mass is 10.1. The summed E-state index contributed by atoms with van der Waals surface area (Å²) in [4.78, 5) is 11.9. The highest BCUT2D eigenvalue weighted by Gasteiger charge is 2.30. The number of anilines is 1. The summed E-state index contributed by atoms with van der Waals surface area (Å²) in [5.74, 6) is -0.360. The zero-order valence-corrected chi connectivity index (χ0v) is 13.3. The van der Waals surface area contributed by atoms with Crippen molar-refractivity contribution >= 4 is 27.5 Å². The van der Waals surface area contributed by atoms with Crippen LogP contribution in [0.1, 0.15) is 16.7 Å². The molecule has 0 saturated heterocycles. The Morgan fingerprint density at radius 3 is 2.55 bits per heavy atom. The fourth-order valence-corrected chi connectivity index (χ4v) is 2.22. The standard InChI is InChI=1S/C16H13BrF3NO/c1-10-7-13(5-6-14(10)17)21-15(22)9-11-3-2-4-12(8-11)16(18,19)20/h2-8H,9H2,1H3,(H,21,22). The van der Waals surface area contributed by atoms with Crippen LogP contribution in [0.3, 0.4) is 0 Å². The largest absolute Gasteiger partial charge is 0.416 e. The van der Waals surface area contributed by atoms with Crippen molar-refractivity contribution in [2.75, 3.05) is 5.32 Å². The van der Waals surface area contributed by atoms with Crippen LogP contribution < -0.4 is 5.32 Å². The van der Waals surface area contributed by atoms with Crippen molar-refractivity contribution < 1.29 is 18.0 Å². The van der Waals surface area contributed by atoms with Crippen LogP contribution in [0, 0.1) is 6.92 Å². The van der Waals surface area contributed by atoms with Crippen LogP contribution in [-0.2, 0) is 17.4 Å². The van der Waals surface area contributed by atoms with Crippen molar-refractivity contribution in [3.63, 3.8) is 0 Å². The van der Waals surface area contributed by atoms with Gasteiger partial charge in [0.25, 0.3) is 0 Å². The van der Waals surface area contributed by atoms with Crippen LogP contribution >= 0.6 is 15.9 Å². The molecule has 0 heterocycles. The molecule has 0 aromatic heterocycles. The maximum atomic E-state index is 12.6. The Kier molecular flexibility index (Phi) is 4.90. The van der Waals surface area contributed by atoms with E-state index in [2.05, 4.69) is 21.2 Å². The van der Waals surface area contributed by atoms with E-state index < -0.39 is 11.7 Å². The van der Waals surface area contributed by atoms with Crippen LogP contribution in [-0.4, -0.2) is 5.91 Å². The van der Waals surface area contributed by atoms with Gasteiger partial charge in [-0.1, -0.05) is 34.1 Å². The van der Waals surface area contributed by atoms with Gasteiger partial charge in [-0.15, -0.1) is 0 Å². The molecule has 0 spiro atoms. The van der Waals surface area contributed by atoms with Gasteiger partial charge < -0.3 is 5.32 Å². The van der Waals surface area contributed by atoms with Crippen LogP contribution in [0.4, 0.5) is 18.9 Å². The molecule has 0 aliphatic rings. The first-order chi connectivity index (χ1) is 10.3. The van der Waals surface area contributed by atoms with E-state index in [-0.39, 0.29) is 12.3 Å². The highest BCUT2D eigenvalue weighted by molar-refractivity contribution is 9.10. The summed E-state index contributed by atoms with van der Waals surface area (Å²) in [6, 6.07) is 10.1. The molecule has 2 rings (SSSR count). The molecule has 2 aromatic carbocycles. The highest BCUT2D eigenvalue weighted by Crippen LogP contribution is 2.29. The molecule has 0 radical (unpaired) electrons. The van der Waals surface area contributed by atoms with E-state index in [4.69, 9.17) is 0 Å². The van der Waals surface area contributed by atoms with Crippen LogP contribution in [0.5, 0.6) is 0 Å². The predicted molar refractivity (Wildman–Crippen MR) is 82.7 cm³/mol. The van der Waals surface area contributed by atoms with Crippen molar-refractivity contribution in [2.45, 2.75) is 19.5 Å². The number of carbonyl (C=O) groups excluding carboxylic acids is 1. The molecule has 0 aliphatic heterocycles. The van der Waals surface area contributed by atoms with E-state index in [0.29, 0.717) is 11.3 Å². The third-order valence-corrected chi connectivity index (χ3v) is 3.95. The van der Waals surface area contributed by atoms with Gasteiger partial charge >= 0.3 is 6.18 Å². The summed E-state index contributed by atoms with van der Waals surface area (Å²) in [5.41, 5.74) is 1.13. The second kappa shape index (κ2) is 6.52. The molecule has 0 atom stereocenters. The molecular formula is C16H13BrF3NO. The predicted octanol–water partition coefficient (Wildman–Crippen LogP) is 4.96. The summed E-state index contributed by atoms with van der Waals surface area (Å²) < 4.78 is 38.8. The number of aryl methyl sites for hydroxylation is 1. The Balaban J connectivity index is 2.07. The molecule has 116 valence electrons. The third kappa shape index (κ3) is 4.34. The maximum absolute atomic E-state index is 12.6. The number of hydrogen-bond acceptors (Lipinski definition) is 1. The van der Waals surface area contributed by atoms with Crippen LogP contribution in [0.2, 0.25) is 0 Å². The average molecular weight is 372 g/mol. The molecule has 0 saturated carbocycles. The lowest BCUT2D eigenvalue weighted by molar-refractivity contribution is -0.137. The van der Waals surface area contributed by atoms with E-state index in [1.54, 1.807) is 18.2 Å². The number of carbonyl (C=O) groups is 1. The fourth-order valence-electron chi connectivity index (χ4n) is 1.97. The Bertz CT molecular complexity index is 698. The third-order valence-electron chi connectivity index (χ3n) is 3.06. The highest BCUT2D eigenvalue weighted by atomic mass is 79.9. The first-order valence-electron chi connectivity index (χ1n) is 6.48. The van der Waals surface area contributed by atoms with Gasteiger partial charge in [-0.2, -0.15) is 13.2 Å². The topological polar surface area (TPSA) is 29.1 Å². The molecule has 0 bridgehead atoms. The second-order valence-electron chi connectivity index (χ2n) is 4.89. The quantitative estimate of drug-likeness (QED) is 0.811. The smallest absolute Gasteiger partial charge is 0.326 e. The Labute approximate surface area is 134 Å². The first-order valence-corrected chi connectivity index (χ1v) is 7.27. The van der Waals surface area contributed by atoms with E-state index in [9.17, 15) is 18.0 Å². The molecule has 22 heavy (non-hydrogen) atoms. The Morgan fingerprint density at radius 2 is 1.91 bits per heavy atom. The summed E-state index contributed by atoms with van der Waals surface area (Å²) in [7, 11) is 0. The lowest BCUT2D eigenvalue weighted by Gasteiger charge is -2.10. The number of amides is 1. The van der Waals surface area contributed by atoms with Crippen LogP contribution in [0.25, 0.3) is 0 Å². The molecule has 0 aliphatic carbocycles. The fraction of sp³-hybridized carbons (Fsp3) is 0.188. The molecule has 2 aromatic rings. The van der Waals surface area contributed by atoms with Gasteiger partial charge in [0, 0.05) is 10.2 Å². The average Bonchev–Trinajstić information content (AvgIpc) is 2.42. The minimum Gasteiger partial charge on any atom is -0.326 e. The van der Waals surface area contributed by atoms with Gasteiger partial charge in [-0.25, -0.2) is 0 Å². The van der Waals surface area contributed by atoms with Gasteiger partial charge in [-0.3, -0.25) is 4.79 Å². The SMILES string of the molecule is Cc1cc(NC(=O)Cc2cccc(C(F)(F)F)c2)ccc1Br. The monoisotopic (exact) mass is 371 g/mol. The van der Waals surface area contributed by atoms with Gasteiger partial charge in [0.15, 0.2) is 0 Å². The number of halogens is 4. The van der Waals surface area contributed by atoms with Gasteiger partial charge in [0.1, 0.15) is 0 Å². The van der Waals surface area contributed by atoms with Gasteiger partial charge in [-0.05, 0) is 42.3 Å². The first kappa shape index (κ1) is 16.5. The molecule has 1 N–H and O–H groups in total. The molecular weight excluding hydrogens is 359 g/mol. The van der Waals surface area contributed by atoms with Crippen molar-refractivity contribution in [2.24, 2.45) is 0 Å². The van der Waals surface area contributed by atoms with Crippen LogP contribution in [0.15, 0.2) is 46.9 Å². The number of nitrogens with one attached hydrogen (secondary N) is 1. The van der Waals surface area contributed by atoms with Crippen molar-refractivity contribution in [3.05, 3.63) is 63.6 Å². The number of alkyl halides is 3. The molecule has 2 nitrogen and oxygen atoms in total. The van der Waals surface area contributed by atoms with E-state index in [1.165, 1.54) is 12.1 Å². The lowest BCUT2D eigenvalue weighted by Crippen LogP contribution is -2.15. The Hall–Kier alpha value is -1.82. The minimum atomic E-state index is -4.41. The Morgan fingerprint density at radius 1 is 1.18 bits per heavy atom. The molecule has 6 heteroatoms. The van der Waals surface area contributed by atoms with E-state index >= 15 is 0 Å². The van der Waals surface area contributed by atoms with E-state index in [0.717, 1.165) is 22.2 Å². The van der Waals surface area contributed by atoms with Crippen molar-refractivity contribution in [3.8, 4) is 0 Å². The van der Waals surface area contributed by atoms with Crippen molar-refractivity contribution in [1.29, 1.82) is 0 Å². The minimum absolute atomic E-state index is 0.112. The molecule has 0 unspecified atom stereocenters. The summed E-state index contributed by atoms with van der Waals surface area (Å²) >= 11 is 3.36. The number of hydrogen-bond donors (Lipinski definition) is 1. The van der Waals surface area contributed by atoms with Crippen molar-refractivity contribution in [1.82, 2.24) is 0 Å². The summed E-state index contributed by atoms with van der Waals surface area (Å²) in [6.45, 7) is 1.88. The van der Waals surface area contributed by atoms with Gasteiger partial charge in [0.2, 0.25) is 5.91 Å². The summed E-state index contributed by atoms with van der Waals surface area (Å²) in [5, 5.41) is 2.68. The number of rotatable bonds is 3. The normalized spacial score (nSPS) is 11.3.